The van der Waals surface area contributed by atoms with Crippen LogP contribution >= 0.6 is 0 Å². The molecule has 3 heteroatoms. The van der Waals surface area contributed by atoms with Crippen LogP contribution < -0.4 is 5.32 Å². The summed E-state index contributed by atoms with van der Waals surface area (Å²) in [6.07, 6.45) is 3.68. The number of fused-ring (bicyclic) bond motifs is 1. The summed E-state index contributed by atoms with van der Waals surface area (Å²) in [6, 6.07) is 7.46. The first kappa shape index (κ1) is 13.6. The van der Waals surface area contributed by atoms with Crippen LogP contribution in [0.5, 0.6) is 0 Å². The summed E-state index contributed by atoms with van der Waals surface area (Å²) >= 11 is 0. The third-order valence-corrected chi connectivity index (χ3v) is 3.91. The van der Waals surface area contributed by atoms with Crippen LogP contribution in [0.3, 0.4) is 0 Å². The van der Waals surface area contributed by atoms with Crippen molar-refractivity contribution in [3.05, 3.63) is 29.6 Å². The lowest BCUT2D eigenvalue weighted by molar-refractivity contribution is 0.429. The number of hydrogen-bond acceptors (Lipinski definition) is 2. The minimum absolute atomic E-state index is 0.189. The van der Waals surface area contributed by atoms with E-state index >= 15 is 0 Å². The molecule has 3 nitrogen and oxygen atoms in total. The summed E-state index contributed by atoms with van der Waals surface area (Å²) in [4.78, 5) is 4.73. The first-order valence-corrected chi connectivity index (χ1v) is 7.66. The standard InChI is InChI=1S/C17H25N3/c1-12-19-15-11-13(9-10-18-17(2,3)4)5-8-16(15)20(12)14-6-7-14/h5,8,11,14,18H,6-7,9-10H2,1-4H3. The summed E-state index contributed by atoms with van der Waals surface area (Å²) in [5.41, 5.74) is 4.02. The van der Waals surface area contributed by atoms with Crippen LogP contribution in [0.4, 0.5) is 0 Å². The highest BCUT2D eigenvalue weighted by Gasteiger charge is 2.26. The highest BCUT2D eigenvalue weighted by atomic mass is 15.1. The summed E-state index contributed by atoms with van der Waals surface area (Å²) in [5, 5.41) is 3.54. The number of benzene rings is 1. The van der Waals surface area contributed by atoms with E-state index in [-0.39, 0.29) is 5.54 Å². The van der Waals surface area contributed by atoms with E-state index in [9.17, 15) is 0 Å². The lowest BCUT2D eigenvalue weighted by Gasteiger charge is -2.20. The van der Waals surface area contributed by atoms with Crippen LogP contribution in [0, 0.1) is 6.92 Å². The van der Waals surface area contributed by atoms with E-state index in [0.29, 0.717) is 6.04 Å². The van der Waals surface area contributed by atoms with Gasteiger partial charge in [-0.05, 0) is 71.2 Å². The predicted octanol–water partition coefficient (Wildman–Crippen LogP) is 3.61. The third kappa shape index (κ3) is 2.88. The van der Waals surface area contributed by atoms with Gasteiger partial charge >= 0.3 is 0 Å². The Balaban J connectivity index is 1.77. The Kier molecular flexibility index (Phi) is 3.33. The number of nitrogens with one attached hydrogen (secondary N) is 1. The van der Waals surface area contributed by atoms with Gasteiger partial charge in [-0.2, -0.15) is 0 Å². The molecule has 0 unspecified atom stereocenters. The van der Waals surface area contributed by atoms with Crippen LogP contribution in [-0.2, 0) is 6.42 Å². The number of imidazole rings is 1. The van der Waals surface area contributed by atoms with Crippen molar-refractivity contribution in [3.63, 3.8) is 0 Å². The number of nitrogens with zero attached hydrogens (tertiary/aromatic N) is 2. The van der Waals surface area contributed by atoms with Gasteiger partial charge in [-0.15, -0.1) is 0 Å². The number of aromatic nitrogens is 2. The third-order valence-electron chi connectivity index (χ3n) is 3.91. The van der Waals surface area contributed by atoms with Crippen LogP contribution in [-0.4, -0.2) is 21.6 Å². The minimum atomic E-state index is 0.189. The van der Waals surface area contributed by atoms with Gasteiger partial charge in [0, 0.05) is 11.6 Å². The lowest BCUT2D eigenvalue weighted by Crippen LogP contribution is -2.37. The first-order valence-electron chi connectivity index (χ1n) is 7.66. The van der Waals surface area contributed by atoms with Crippen molar-refractivity contribution in [3.8, 4) is 0 Å². The van der Waals surface area contributed by atoms with E-state index in [0.717, 1.165) is 24.3 Å². The highest BCUT2D eigenvalue weighted by Crippen LogP contribution is 2.38. The van der Waals surface area contributed by atoms with Gasteiger partial charge in [0.25, 0.3) is 0 Å². The zero-order chi connectivity index (χ0) is 14.3. The Bertz CT molecular complexity index is 615. The van der Waals surface area contributed by atoms with Gasteiger partial charge in [0.05, 0.1) is 11.0 Å². The quantitative estimate of drug-likeness (QED) is 0.920. The van der Waals surface area contributed by atoms with Gasteiger partial charge in [-0.25, -0.2) is 4.98 Å². The normalized spacial score (nSPS) is 16.0. The molecule has 1 N–H and O–H groups in total. The molecule has 1 fully saturated rings. The summed E-state index contributed by atoms with van der Waals surface area (Å²) < 4.78 is 2.41. The van der Waals surface area contributed by atoms with E-state index in [1.807, 2.05) is 0 Å². The van der Waals surface area contributed by atoms with Crippen molar-refractivity contribution in [2.75, 3.05) is 6.54 Å². The van der Waals surface area contributed by atoms with Crippen molar-refractivity contribution in [1.29, 1.82) is 0 Å². The Hall–Kier alpha value is -1.35. The molecule has 3 rings (SSSR count). The summed E-state index contributed by atoms with van der Waals surface area (Å²) in [7, 11) is 0. The fraction of sp³-hybridized carbons (Fsp3) is 0.588. The van der Waals surface area contributed by atoms with Gasteiger partial charge in [-0.1, -0.05) is 6.07 Å². The van der Waals surface area contributed by atoms with Crippen molar-refractivity contribution < 1.29 is 0 Å². The minimum Gasteiger partial charge on any atom is -0.325 e. The second-order valence-corrected chi connectivity index (χ2v) is 7.01. The van der Waals surface area contributed by atoms with Crippen molar-refractivity contribution >= 4 is 11.0 Å². The lowest BCUT2D eigenvalue weighted by atomic mass is 10.1. The van der Waals surface area contributed by atoms with Crippen molar-refractivity contribution in [1.82, 2.24) is 14.9 Å². The van der Waals surface area contributed by atoms with Crippen LogP contribution in [0.25, 0.3) is 11.0 Å². The maximum atomic E-state index is 4.73. The molecular weight excluding hydrogens is 246 g/mol. The number of aryl methyl sites for hydroxylation is 1. The van der Waals surface area contributed by atoms with Gasteiger partial charge in [0.15, 0.2) is 0 Å². The van der Waals surface area contributed by atoms with Crippen molar-refractivity contribution in [2.24, 2.45) is 0 Å². The van der Waals surface area contributed by atoms with E-state index in [1.165, 1.54) is 23.9 Å². The molecule has 1 heterocycles. The molecule has 0 spiro atoms. The van der Waals surface area contributed by atoms with Gasteiger partial charge in [0.1, 0.15) is 5.82 Å². The van der Waals surface area contributed by atoms with E-state index < -0.39 is 0 Å². The van der Waals surface area contributed by atoms with E-state index in [4.69, 9.17) is 4.98 Å². The van der Waals surface area contributed by atoms with Crippen LogP contribution in [0.1, 0.15) is 51.0 Å². The molecule has 108 valence electrons. The maximum absolute atomic E-state index is 4.73. The maximum Gasteiger partial charge on any atom is 0.106 e. The molecule has 0 aliphatic heterocycles. The summed E-state index contributed by atoms with van der Waals surface area (Å²) in [6.45, 7) is 9.75. The molecule has 0 saturated heterocycles. The Labute approximate surface area is 121 Å². The van der Waals surface area contributed by atoms with Gasteiger partial charge in [0.2, 0.25) is 0 Å². The molecule has 1 aliphatic rings. The molecule has 20 heavy (non-hydrogen) atoms. The Morgan fingerprint density at radius 2 is 2.05 bits per heavy atom. The van der Waals surface area contributed by atoms with Gasteiger partial charge < -0.3 is 9.88 Å². The zero-order valence-corrected chi connectivity index (χ0v) is 13.0. The number of rotatable bonds is 4. The molecule has 0 bridgehead atoms. The smallest absolute Gasteiger partial charge is 0.106 e. The number of hydrogen-bond donors (Lipinski definition) is 1. The molecule has 1 saturated carbocycles. The average Bonchev–Trinajstić information content (AvgIpc) is 3.10. The van der Waals surface area contributed by atoms with Crippen LogP contribution in [0.15, 0.2) is 18.2 Å². The fourth-order valence-electron chi connectivity index (χ4n) is 2.80. The SMILES string of the molecule is Cc1nc2cc(CCNC(C)(C)C)ccc2n1C1CC1. The Morgan fingerprint density at radius 3 is 2.70 bits per heavy atom. The van der Waals surface area contributed by atoms with E-state index in [1.54, 1.807) is 0 Å². The molecule has 1 aliphatic carbocycles. The summed E-state index contributed by atoms with van der Waals surface area (Å²) in [5.74, 6) is 1.16. The molecule has 0 atom stereocenters. The van der Waals surface area contributed by atoms with Crippen molar-refractivity contribution in [2.45, 2.75) is 58.5 Å². The molecular formula is C17H25N3. The van der Waals surface area contributed by atoms with E-state index in [2.05, 4.69) is 55.8 Å². The molecule has 0 radical (unpaired) electrons. The largest absolute Gasteiger partial charge is 0.325 e. The zero-order valence-electron chi connectivity index (χ0n) is 13.0. The highest BCUT2D eigenvalue weighted by molar-refractivity contribution is 5.77. The van der Waals surface area contributed by atoms with Crippen LogP contribution in [0.2, 0.25) is 0 Å². The average molecular weight is 271 g/mol. The predicted molar refractivity (Wildman–Crippen MR) is 84.2 cm³/mol. The fourth-order valence-corrected chi connectivity index (χ4v) is 2.80. The van der Waals surface area contributed by atoms with Gasteiger partial charge in [-0.3, -0.25) is 0 Å². The molecule has 1 aromatic carbocycles. The second kappa shape index (κ2) is 4.88. The Morgan fingerprint density at radius 1 is 1.30 bits per heavy atom. The molecule has 0 amide bonds. The topological polar surface area (TPSA) is 29.9 Å². The monoisotopic (exact) mass is 271 g/mol. The molecule has 1 aromatic heterocycles. The second-order valence-electron chi connectivity index (χ2n) is 7.01. The first-order chi connectivity index (χ1) is 9.44. The molecule has 2 aromatic rings.